The van der Waals surface area contributed by atoms with Gasteiger partial charge in [-0.1, -0.05) is 43.3 Å². The van der Waals surface area contributed by atoms with Crippen LogP contribution in [0.25, 0.3) is 10.9 Å². The predicted molar refractivity (Wildman–Crippen MR) is 140 cm³/mol. The van der Waals surface area contributed by atoms with Crippen molar-refractivity contribution < 1.29 is 23.9 Å². The van der Waals surface area contributed by atoms with Gasteiger partial charge in [0.25, 0.3) is 0 Å². The maximum atomic E-state index is 13.7. The number of amides is 2. The van der Waals surface area contributed by atoms with E-state index in [1.54, 1.807) is 64.2 Å². The number of carbonyl (C=O) groups is 3. The molecule has 8 nitrogen and oxygen atoms in total. The van der Waals surface area contributed by atoms with Crippen molar-refractivity contribution in [1.29, 1.82) is 0 Å². The number of anilines is 2. The lowest BCUT2D eigenvalue weighted by molar-refractivity contribution is -0.158. The monoisotopic (exact) mass is 491 g/mol. The molecule has 8 heteroatoms. The second-order valence-electron chi connectivity index (χ2n) is 9.76. The standard InChI is InChI=1S/C28H33N3O5/c1-6-17-35-25(33)28(5,24(32)30-22-15-9-12-19-13-10-16-29-23(19)22)18-20-11-7-8-14-21(20)31-26(34)36-27(2,3)4/h7-16H,6,17-18H2,1-5H3,(H,30,32)(H,31,34). The fourth-order valence-electron chi connectivity index (χ4n) is 3.66. The lowest BCUT2D eigenvalue weighted by Crippen LogP contribution is -2.44. The first-order chi connectivity index (χ1) is 17.0. The van der Waals surface area contributed by atoms with Gasteiger partial charge in [-0.3, -0.25) is 19.9 Å². The summed E-state index contributed by atoms with van der Waals surface area (Å²) in [5.74, 6) is -1.18. The van der Waals surface area contributed by atoms with Gasteiger partial charge in [-0.05, 0) is 64.3 Å². The van der Waals surface area contributed by atoms with E-state index in [9.17, 15) is 14.4 Å². The van der Waals surface area contributed by atoms with Crippen LogP contribution >= 0.6 is 0 Å². The summed E-state index contributed by atoms with van der Waals surface area (Å²) in [6.07, 6.45) is 1.63. The van der Waals surface area contributed by atoms with Gasteiger partial charge in [0.1, 0.15) is 11.0 Å². The summed E-state index contributed by atoms with van der Waals surface area (Å²) in [5.41, 5.74) is -0.120. The minimum atomic E-state index is -1.59. The Hall–Kier alpha value is -3.94. The normalized spacial score (nSPS) is 12.9. The molecule has 36 heavy (non-hydrogen) atoms. The molecule has 0 aliphatic carbocycles. The Kier molecular flexibility index (Phi) is 8.29. The van der Waals surface area contributed by atoms with Crippen LogP contribution in [-0.4, -0.2) is 35.2 Å². The highest BCUT2D eigenvalue weighted by molar-refractivity contribution is 6.11. The fourth-order valence-corrected chi connectivity index (χ4v) is 3.66. The van der Waals surface area contributed by atoms with Crippen LogP contribution in [0.2, 0.25) is 0 Å². The number of nitrogens with one attached hydrogen (secondary N) is 2. The number of hydrogen-bond donors (Lipinski definition) is 2. The van der Waals surface area contributed by atoms with Gasteiger partial charge in [0.2, 0.25) is 5.91 Å². The maximum Gasteiger partial charge on any atom is 0.412 e. The van der Waals surface area contributed by atoms with E-state index >= 15 is 0 Å². The largest absolute Gasteiger partial charge is 0.465 e. The van der Waals surface area contributed by atoms with Gasteiger partial charge in [-0.25, -0.2) is 4.79 Å². The van der Waals surface area contributed by atoms with Crippen LogP contribution in [0.1, 0.15) is 46.6 Å². The minimum Gasteiger partial charge on any atom is -0.465 e. The first-order valence-electron chi connectivity index (χ1n) is 11.9. The summed E-state index contributed by atoms with van der Waals surface area (Å²) in [6.45, 7) is 8.92. The van der Waals surface area contributed by atoms with Crippen LogP contribution in [0, 0.1) is 5.41 Å². The number of hydrogen-bond acceptors (Lipinski definition) is 6. The van der Waals surface area contributed by atoms with Crippen LogP contribution in [0.5, 0.6) is 0 Å². The van der Waals surface area contributed by atoms with E-state index in [1.807, 2.05) is 31.2 Å². The zero-order chi connectivity index (χ0) is 26.3. The highest BCUT2D eigenvalue weighted by Crippen LogP contribution is 2.32. The Bertz CT molecular complexity index is 1250. The third kappa shape index (κ3) is 6.59. The minimum absolute atomic E-state index is 0.00839. The lowest BCUT2D eigenvalue weighted by atomic mass is 9.82. The molecule has 0 aliphatic heterocycles. The molecular weight excluding hydrogens is 458 g/mol. The zero-order valence-electron chi connectivity index (χ0n) is 21.4. The summed E-state index contributed by atoms with van der Waals surface area (Å²) in [6, 6.07) is 16.1. The molecule has 0 saturated carbocycles. The fraction of sp³-hybridized carbons (Fsp3) is 0.357. The van der Waals surface area contributed by atoms with Gasteiger partial charge in [-0.2, -0.15) is 0 Å². The molecule has 2 N–H and O–H groups in total. The number of esters is 1. The molecule has 3 aromatic rings. The van der Waals surface area contributed by atoms with Crippen LogP contribution in [-0.2, 0) is 25.5 Å². The molecule has 1 heterocycles. The molecule has 0 bridgehead atoms. The van der Waals surface area contributed by atoms with Crippen molar-refractivity contribution in [3.63, 3.8) is 0 Å². The average molecular weight is 492 g/mol. The molecule has 1 atom stereocenters. The number of para-hydroxylation sites is 2. The molecule has 0 radical (unpaired) electrons. The van der Waals surface area contributed by atoms with E-state index in [0.29, 0.717) is 28.9 Å². The van der Waals surface area contributed by atoms with E-state index in [0.717, 1.165) is 5.39 Å². The molecule has 2 amide bonds. The third-order valence-electron chi connectivity index (χ3n) is 5.47. The molecule has 0 aliphatic rings. The molecule has 0 spiro atoms. The van der Waals surface area contributed by atoms with E-state index < -0.39 is 29.0 Å². The van der Waals surface area contributed by atoms with Gasteiger partial charge in [0.15, 0.2) is 0 Å². The number of nitrogens with zero attached hydrogens (tertiary/aromatic N) is 1. The van der Waals surface area contributed by atoms with Gasteiger partial charge < -0.3 is 14.8 Å². The lowest BCUT2D eigenvalue weighted by Gasteiger charge is -2.28. The van der Waals surface area contributed by atoms with Gasteiger partial charge >= 0.3 is 12.1 Å². The highest BCUT2D eigenvalue weighted by Gasteiger charge is 2.43. The Morgan fingerprint density at radius 3 is 2.31 bits per heavy atom. The Morgan fingerprint density at radius 2 is 1.58 bits per heavy atom. The van der Waals surface area contributed by atoms with Gasteiger partial charge in [0.05, 0.1) is 17.8 Å². The van der Waals surface area contributed by atoms with Crippen molar-refractivity contribution >= 4 is 40.2 Å². The van der Waals surface area contributed by atoms with Crippen molar-refractivity contribution in [2.75, 3.05) is 17.2 Å². The quantitative estimate of drug-likeness (QED) is 0.308. The number of pyridine rings is 1. The zero-order valence-corrected chi connectivity index (χ0v) is 21.4. The molecule has 0 saturated heterocycles. The Labute approximate surface area is 211 Å². The Morgan fingerprint density at radius 1 is 0.889 bits per heavy atom. The van der Waals surface area contributed by atoms with E-state index in [4.69, 9.17) is 9.47 Å². The summed E-state index contributed by atoms with van der Waals surface area (Å²) in [5, 5.41) is 6.47. The van der Waals surface area contributed by atoms with Crippen molar-refractivity contribution in [2.24, 2.45) is 5.41 Å². The molecule has 2 aromatic carbocycles. The first-order valence-corrected chi connectivity index (χ1v) is 11.9. The smallest absolute Gasteiger partial charge is 0.412 e. The number of rotatable bonds is 8. The summed E-state index contributed by atoms with van der Waals surface area (Å²) >= 11 is 0. The molecule has 190 valence electrons. The van der Waals surface area contributed by atoms with Crippen LogP contribution in [0.15, 0.2) is 60.8 Å². The number of aromatic nitrogens is 1. The van der Waals surface area contributed by atoms with E-state index in [-0.39, 0.29) is 13.0 Å². The molecule has 3 rings (SSSR count). The van der Waals surface area contributed by atoms with Crippen LogP contribution in [0.3, 0.4) is 0 Å². The number of benzene rings is 2. The molecule has 1 unspecified atom stereocenters. The number of fused-ring (bicyclic) bond motifs is 1. The SMILES string of the molecule is CCCOC(=O)C(C)(Cc1ccccc1NC(=O)OC(C)(C)C)C(=O)Nc1cccc2cccnc12. The van der Waals surface area contributed by atoms with E-state index in [1.165, 1.54) is 0 Å². The number of carbonyl (C=O) groups excluding carboxylic acids is 3. The molecular formula is C28H33N3O5. The average Bonchev–Trinajstić information content (AvgIpc) is 2.82. The van der Waals surface area contributed by atoms with Crippen molar-refractivity contribution in [2.45, 2.75) is 53.1 Å². The summed E-state index contributed by atoms with van der Waals surface area (Å²) in [7, 11) is 0. The third-order valence-corrected chi connectivity index (χ3v) is 5.47. The predicted octanol–water partition coefficient (Wildman–Crippen LogP) is 5.72. The van der Waals surface area contributed by atoms with Gasteiger partial charge in [0, 0.05) is 17.3 Å². The van der Waals surface area contributed by atoms with Crippen LogP contribution in [0.4, 0.5) is 16.2 Å². The Balaban J connectivity index is 1.93. The highest BCUT2D eigenvalue weighted by atomic mass is 16.6. The topological polar surface area (TPSA) is 107 Å². The second kappa shape index (κ2) is 11.2. The van der Waals surface area contributed by atoms with Crippen molar-refractivity contribution in [1.82, 2.24) is 4.98 Å². The molecule has 0 fully saturated rings. The number of ether oxygens (including phenoxy) is 2. The summed E-state index contributed by atoms with van der Waals surface area (Å²) in [4.78, 5) is 43.7. The second-order valence-corrected chi connectivity index (χ2v) is 9.76. The van der Waals surface area contributed by atoms with E-state index in [2.05, 4.69) is 15.6 Å². The van der Waals surface area contributed by atoms with Gasteiger partial charge in [-0.15, -0.1) is 0 Å². The maximum absolute atomic E-state index is 13.7. The van der Waals surface area contributed by atoms with Crippen LogP contribution < -0.4 is 10.6 Å². The van der Waals surface area contributed by atoms with Crippen molar-refractivity contribution in [3.8, 4) is 0 Å². The summed E-state index contributed by atoms with van der Waals surface area (Å²) < 4.78 is 10.8. The molecule has 1 aromatic heterocycles. The van der Waals surface area contributed by atoms with Crippen molar-refractivity contribution in [3.05, 3.63) is 66.4 Å². The first kappa shape index (κ1) is 26.7.